The molecule has 0 radical (unpaired) electrons. The number of thiophene rings is 1. The monoisotopic (exact) mass is 268 g/mol. The smallest absolute Gasteiger partial charge is 0.0777 e. The lowest BCUT2D eigenvalue weighted by atomic mass is 9.95. The van der Waals surface area contributed by atoms with Gasteiger partial charge in [0.25, 0.3) is 0 Å². The SMILES string of the molecule is CNCc1ccc(CN2CCCC(C)(OC)C2)s1. The maximum absolute atomic E-state index is 5.64. The molecule has 1 unspecified atom stereocenters. The number of likely N-dealkylation sites (tertiary alicyclic amines) is 1. The summed E-state index contributed by atoms with van der Waals surface area (Å²) < 4.78 is 5.64. The van der Waals surface area contributed by atoms with Crippen molar-refractivity contribution in [2.45, 2.75) is 38.5 Å². The van der Waals surface area contributed by atoms with Gasteiger partial charge in [0.1, 0.15) is 0 Å². The standard InChI is InChI=1S/C14H24N2OS/c1-14(17-3)7-4-8-16(11-14)10-13-6-5-12(18-13)9-15-2/h5-6,15H,4,7-11H2,1-3H3. The highest BCUT2D eigenvalue weighted by atomic mass is 32.1. The fraction of sp³-hybridized carbons (Fsp3) is 0.714. The number of ether oxygens (including phenoxy) is 1. The summed E-state index contributed by atoms with van der Waals surface area (Å²) in [6.45, 7) is 6.49. The van der Waals surface area contributed by atoms with Crippen molar-refractivity contribution in [3.63, 3.8) is 0 Å². The Balaban J connectivity index is 1.92. The van der Waals surface area contributed by atoms with Crippen LogP contribution in [0.2, 0.25) is 0 Å². The lowest BCUT2D eigenvalue weighted by Gasteiger charge is -2.39. The van der Waals surface area contributed by atoms with Crippen LogP contribution in [-0.2, 0) is 17.8 Å². The van der Waals surface area contributed by atoms with E-state index < -0.39 is 0 Å². The van der Waals surface area contributed by atoms with Gasteiger partial charge in [-0.05, 0) is 45.5 Å². The van der Waals surface area contributed by atoms with E-state index in [1.54, 1.807) is 0 Å². The van der Waals surface area contributed by atoms with Crippen molar-refractivity contribution in [2.24, 2.45) is 0 Å². The fourth-order valence-electron chi connectivity index (χ4n) is 2.61. The van der Waals surface area contributed by atoms with Gasteiger partial charge in [0, 0.05) is 36.5 Å². The van der Waals surface area contributed by atoms with Gasteiger partial charge in [-0.1, -0.05) is 0 Å². The predicted molar refractivity (Wildman–Crippen MR) is 77.0 cm³/mol. The van der Waals surface area contributed by atoms with Gasteiger partial charge in [-0.15, -0.1) is 11.3 Å². The zero-order valence-corrected chi connectivity index (χ0v) is 12.5. The van der Waals surface area contributed by atoms with Crippen molar-refractivity contribution in [1.29, 1.82) is 0 Å². The van der Waals surface area contributed by atoms with Crippen molar-refractivity contribution in [2.75, 3.05) is 27.2 Å². The molecule has 18 heavy (non-hydrogen) atoms. The summed E-state index contributed by atoms with van der Waals surface area (Å²) in [5.41, 5.74) is 0.0450. The minimum Gasteiger partial charge on any atom is -0.377 e. The van der Waals surface area contributed by atoms with E-state index in [0.29, 0.717) is 0 Å². The fourth-order valence-corrected chi connectivity index (χ4v) is 3.68. The topological polar surface area (TPSA) is 24.5 Å². The molecule has 1 saturated heterocycles. The Hall–Kier alpha value is -0.420. The molecule has 0 spiro atoms. The summed E-state index contributed by atoms with van der Waals surface area (Å²) in [6, 6.07) is 4.49. The van der Waals surface area contributed by atoms with Crippen molar-refractivity contribution in [3.05, 3.63) is 21.9 Å². The Kier molecular flexibility index (Phi) is 4.78. The molecule has 1 aromatic heterocycles. The summed E-state index contributed by atoms with van der Waals surface area (Å²) in [6.07, 6.45) is 2.41. The van der Waals surface area contributed by atoms with Crippen LogP contribution in [0.3, 0.4) is 0 Å². The van der Waals surface area contributed by atoms with E-state index in [4.69, 9.17) is 4.74 Å². The molecular formula is C14H24N2OS. The second-order valence-corrected chi connectivity index (χ2v) is 6.62. The summed E-state index contributed by atoms with van der Waals surface area (Å²) in [5.74, 6) is 0. The lowest BCUT2D eigenvalue weighted by molar-refractivity contribution is -0.0524. The maximum atomic E-state index is 5.64. The highest BCUT2D eigenvalue weighted by Gasteiger charge is 2.30. The third-order valence-electron chi connectivity index (χ3n) is 3.68. The summed E-state index contributed by atoms with van der Waals surface area (Å²) >= 11 is 1.91. The molecule has 1 aliphatic heterocycles. The van der Waals surface area contributed by atoms with Gasteiger partial charge >= 0.3 is 0 Å². The van der Waals surface area contributed by atoms with Crippen LogP contribution in [0.5, 0.6) is 0 Å². The summed E-state index contributed by atoms with van der Waals surface area (Å²) in [4.78, 5) is 5.39. The second kappa shape index (κ2) is 6.15. The Bertz CT molecular complexity index is 380. The molecule has 2 rings (SSSR count). The minimum absolute atomic E-state index is 0.0450. The molecule has 0 amide bonds. The van der Waals surface area contributed by atoms with Gasteiger partial charge in [0.15, 0.2) is 0 Å². The Labute approximate surface area is 114 Å². The van der Waals surface area contributed by atoms with Gasteiger partial charge in [0.05, 0.1) is 5.60 Å². The second-order valence-electron chi connectivity index (χ2n) is 5.37. The van der Waals surface area contributed by atoms with Crippen molar-refractivity contribution >= 4 is 11.3 Å². The quantitative estimate of drug-likeness (QED) is 0.888. The van der Waals surface area contributed by atoms with Crippen molar-refractivity contribution < 1.29 is 4.74 Å². The van der Waals surface area contributed by atoms with Crippen LogP contribution in [0.4, 0.5) is 0 Å². The number of hydrogen-bond donors (Lipinski definition) is 1. The van der Waals surface area contributed by atoms with Gasteiger partial charge in [-0.2, -0.15) is 0 Å². The van der Waals surface area contributed by atoms with Crippen LogP contribution in [0.1, 0.15) is 29.5 Å². The molecule has 1 aromatic rings. The third-order valence-corrected chi connectivity index (χ3v) is 4.75. The Morgan fingerprint density at radius 3 is 2.94 bits per heavy atom. The van der Waals surface area contributed by atoms with Crippen LogP contribution < -0.4 is 5.32 Å². The first-order valence-electron chi connectivity index (χ1n) is 6.65. The predicted octanol–water partition coefficient (Wildman–Crippen LogP) is 2.47. The Morgan fingerprint density at radius 2 is 2.22 bits per heavy atom. The normalized spacial score (nSPS) is 25.5. The van der Waals surface area contributed by atoms with Crippen LogP contribution in [-0.4, -0.2) is 37.7 Å². The molecule has 1 N–H and O–H groups in total. The lowest BCUT2D eigenvalue weighted by Crippen LogP contribution is -2.46. The van der Waals surface area contributed by atoms with Gasteiger partial charge in [0.2, 0.25) is 0 Å². The number of piperidine rings is 1. The van der Waals surface area contributed by atoms with E-state index in [1.165, 1.54) is 29.1 Å². The zero-order chi connectivity index (χ0) is 13.0. The highest BCUT2D eigenvalue weighted by Crippen LogP contribution is 2.26. The summed E-state index contributed by atoms with van der Waals surface area (Å²) in [7, 11) is 3.83. The molecule has 1 fully saturated rings. The zero-order valence-electron chi connectivity index (χ0n) is 11.7. The first-order valence-corrected chi connectivity index (χ1v) is 7.46. The van der Waals surface area contributed by atoms with E-state index >= 15 is 0 Å². The molecule has 0 saturated carbocycles. The number of rotatable bonds is 5. The first-order chi connectivity index (χ1) is 8.65. The van der Waals surface area contributed by atoms with Gasteiger partial charge in [-0.3, -0.25) is 4.90 Å². The van der Waals surface area contributed by atoms with E-state index in [1.807, 2.05) is 25.5 Å². The van der Waals surface area contributed by atoms with E-state index in [-0.39, 0.29) is 5.60 Å². The van der Waals surface area contributed by atoms with E-state index in [2.05, 4.69) is 29.3 Å². The van der Waals surface area contributed by atoms with Crippen LogP contribution in [0.15, 0.2) is 12.1 Å². The van der Waals surface area contributed by atoms with E-state index in [0.717, 1.165) is 19.6 Å². The number of hydrogen-bond acceptors (Lipinski definition) is 4. The van der Waals surface area contributed by atoms with Crippen LogP contribution in [0.25, 0.3) is 0 Å². The van der Waals surface area contributed by atoms with Crippen molar-refractivity contribution in [1.82, 2.24) is 10.2 Å². The molecule has 2 heterocycles. The molecular weight excluding hydrogens is 244 g/mol. The molecule has 0 aromatic carbocycles. The first kappa shape index (κ1) is 14.0. The molecule has 0 aliphatic carbocycles. The average Bonchev–Trinajstić information content (AvgIpc) is 2.77. The summed E-state index contributed by atoms with van der Waals surface area (Å²) in [5, 5.41) is 3.20. The van der Waals surface area contributed by atoms with Crippen LogP contribution >= 0.6 is 11.3 Å². The minimum atomic E-state index is 0.0450. The van der Waals surface area contributed by atoms with Gasteiger partial charge in [-0.25, -0.2) is 0 Å². The third kappa shape index (κ3) is 3.54. The molecule has 1 atom stereocenters. The molecule has 4 heteroatoms. The van der Waals surface area contributed by atoms with E-state index in [9.17, 15) is 0 Å². The average molecular weight is 268 g/mol. The number of methoxy groups -OCH3 is 1. The van der Waals surface area contributed by atoms with Crippen molar-refractivity contribution in [3.8, 4) is 0 Å². The maximum Gasteiger partial charge on any atom is 0.0777 e. The largest absolute Gasteiger partial charge is 0.377 e. The number of nitrogens with zero attached hydrogens (tertiary/aromatic N) is 1. The molecule has 0 bridgehead atoms. The Morgan fingerprint density at radius 1 is 1.44 bits per heavy atom. The number of nitrogens with one attached hydrogen (secondary N) is 1. The highest BCUT2D eigenvalue weighted by molar-refractivity contribution is 7.11. The van der Waals surface area contributed by atoms with Gasteiger partial charge < -0.3 is 10.1 Å². The van der Waals surface area contributed by atoms with Crippen LogP contribution in [0, 0.1) is 0 Å². The molecule has 1 aliphatic rings. The molecule has 102 valence electrons. The molecule has 3 nitrogen and oxygen atoms in total.